The van der Waals surface area contributed by atoms with Gasteiger partial charge in [0.2, 0.25) is 0 Å². The van der Waals surface area contributed by atoms with Gasteiger partial charge in [-0.2, -0.15) is 5.10 Å². The lowest BCUT2D eigenvalue weighted by Gasteiger charge is -2.12. The highest BCUT2D eigenvalue weighted by molar-refractivity contribution is 7.21. The van der Waals surface area contributed by atoms with Crippen LogP contribution in [0.5, 0.6) is 11.5 Å². The number of halogens is 1. The van der Waals surface area contributed by atoms with Crippen LogP contribution in [0.15, 0.2) is 77.9 Å². The van der Waals surface area contributed by atoms with Crippen LogP contribution in [-0.4, -0.2) is 29.1 Å². The minimum absolute atomic E-state index is 0.0358. The third-order valence-corrected chi connectivity index (χ3v) is 6.61. The number of nitro groups is 1. The van der Waals surface area contributed by atoms with E-state index in [1.807, 2.05) is 24.3 Å². The van der Waals surface area contributed by atoms with Gasteiger partial charge in [0.25, 0.3) is 5.91 Å². The maximum Gasteiger partial charge on any atom is 0.355 e. The smallest absolute Gasteiger partial charge is 0.355 e. The number of esters is 1. The topological polar surface area (TPSA) is 120 Å². The molecule has 11 heteroatoms. The van der Waals surface area contributed by atoms with E-state index in [9.17, 15) is 19.7 Å². The first-order valence-electron chi connectivity index (χ1n) is 10.6. The van der Waals surface area contributed by atoms with Crippen molar-refractivity contribution in [2.75, 3.05) is 0 Å². The van der Waals surface area contributed by atoms with Gasteiger partial charge in [0.05, 0.1) is 16.2 Å². The number of nitrogens with zero attached hydrogens (tertiary/aromatic N) is 2. The molecule has 0 saturated carbocycles. The number of nitrogens with one attached hydrogen (secondary N) is 1. The fourth-order valence-electron chi connectivity index (χ4n) is 3.18. The van der Waals surface area contributed by atoms with Crippen molar-refractivity contribution >= 4 is 56.8 Å². The highest BCUT2D eigenvalue weighted by Gasteiger charge is 2.21. The molecule has 0 aliphatic heterocycles. The molecule has 1 heterocycles. The van der Waals surface area contributed by atoms with Gasteiger partial charge in [-0.1, -0.05) is 54.1 Å². The van der Waals surface area contributed by atoms with Gasteiger partial charge in [0.15, 0.2) is 11.9 Å². The Balaban J connectivity index is 1.42. The van der Waals surface area contributed by atoms with Gasteiger partial charge in [-0.25, -0.2) is 10.2 Å². The molecule has 36 heavy (non-hydrogen) atoms. The summed E-state index contributed by atoms with van der Waals surface area (Å²) in [6.45, 7) is 1.44. The summed E-state index contributed by atoms with van der Waals surface area (Å²) in [7, 11) is 0. The minimum atomic E-state index is -1.06. The minimum Gasteiger partial charge on any atom is -0.474 e. The van der Waals surface area contributed by atoms with Gasteiger partial charge in [-0.05, 0) is 31.2 Å². The summed E-state index contributed by atoms with van der Waals surface area (Å²) in [4.78, 5) is 36.0. The molecule has 3 aromatic carbocycles. The lowest BCUT2D eigenvalue weighted by atomic mass is 10.2. The molecule has 0 fully saturated rings. The molecule has 1 amide bonds. The predicted octanol–water partition coefficient (Wildman–Crippen LogP) is 5.60. The van der Waals surface area contributed by atoms with Crippen LogP contribution in [0.25, 0.3) is 10.1 Å². The van der Waals surface area contributed by atoms with Crippen LogP contribution in [0.1, 0.15) is 22.2 Å². The van der Waals surface area contributed by atoms with E-state index >= 15 is 0 Å². The molecular formula is C25H18ClN3O6S. The Morgan fingerprint density at radius 1 is 1.06 bits per heavy atom. The predicted molar refractivity (Wildman–Crippen MR) is 137 cm³/mol. The highest BCUT2D eigenvalue weighted by atomic mass is 35.5. The number of hydrazone groups is 1. The molecule has 4 rings (SSSR count). The molecular weight excluding hydrogens is 506 g/mol. The summed E-state index contributed by atoms with van der Waals surface area (Å²) in [5.41, 5.74) is 2.49. The quantitative estimate of drug-likeness (QED) is 0.105. The monoisotopic (exact) mass is 523 g/mol. The van der Waals surface area contributed by atoms with E-state index in [1.165, 1.54) is 42.7 Å². The molecule has 4 aromatic rings. The second kappa shape index (κ2) is 11.0. The second-order valence-electron chi connectivity index (χ2n) is 7.39. The average molecular weight is 524 g/mol. The average Bonchev–Trinajstić information content (AvgIpc) is 3.21. The van der Waals surface area contributed by atoms with Crippen LogP contribution in [0.2, 0.25) is 5.02 Å². The highest BCUT2D eigenvalue weighted by Crippen LogP contribution is 2.36. The molecule has 0 saturated heterocycles. The van der Waals surface area contributed by atoms with E-state index in [2.05, 4.69) is 10.5 Å². The SMILES string of the molecule is CC(Oc1ccccc1[N+](=O)[O-])C(=O)NN=Cc1ccccc1OC(=O)c1sc2ccccc2c1Cl. The lowest BCUT2D eigenvalue weighted by molar-refractivity contribution is -0.386. The number of rotatable bonds is 8. The van der Waals surface area contributed by atoms with Crippen molar-refractivity contribution in [1.29, 1.82) is 0 Å². The number of nitro benzene ring substituents is 1. The second-order valence-corrected chi connectivity index (χ2v) is 8.82. The maximum absolute atomic E-state index is 12.8. The fourth-order valence-corrected chi connectivity index (χ4v) is 4.56. The summed E-state index contributed by atoms with van der Waals surface area (Å²) in [6, 6.07) is 19.8. The van der Waals surface area contributed by atoms with E-state index < -0.39 is 22.9 Å². The summed E-state index contributed by atoms with van der Waals surface area (Å²) >= 11 is 7.61. The third kappa shape index (κ3) is 5.51. The maximum atomic E-state index is 12.8. The van der Waals surface area contributed by atoms with Crippen LogP contribution in [0.3, 0.4) is 0 Å². The van der Waals surface area contributed by atoms with Crippen molar-refractivity contribution in [3.63, 3.8) is 0 Å². The van der Waals surface area contributed by atoms with Crippen molar-refractivity contribution in [3.8, 4) is 11.5 Å². The summed E-state index contributed by atoms with van der Waals surface area (Å²) in [5.74, 6) is -1.06. The van der Waals surface area contributed by atoms with Gasteiger partial charge in [0, 0.05) is 21.7 Å². The Kier molecular flexibility index (Phi) is 7.57. The van der Waals surface area contributed by atoms with Crippen molar-refractivity contribution in [2.24, 2.45) is 5.10 Å². The standard InChI is InChI=1S/C25H18ClN3O6S/c1-15(34-20-12-6-4-10-18(20)29(32)33)24(30)28-27-14-16-8-2-5-11-19(16)35-25(31)23-22(26)17-9-3-7-13-21(17)36-23/h2-15H,1H3,(H,28,30). The van der Waals surface area contributed by atoms with Crippen LogP contribution in [0, 0.1) is 10.1 Å². The van der Waals surface area contributed by atoms with Gasteiger partial charge < -0.3 is 9.47 Å². The molecule has 1 atom stereocenters. The number of benzene rings is 3. The van der Waals surface area contributed by atoms with Gasteiger partial charge >= 0.3 is 11.7 Å². The van der Waals surface area contributed by atoms with Gasteiger partial charge in [0.1, 0.15) is 10.6 Å². The first-order valence-corrected chi connectivity index (χ1v) is 11.8. The zero-order valence-electron chi connectivity index (χ0n) is 18.7. The number of fused-ring (bicyclic) bond motifs is 1. The van der Waals surface area contributed by atoms with Gasteiger partial charge in [-0.15, -0.1) is 11.3 Å². The van der Waals surface area contributed by atoms with E-state index in [1.54, 1.807) is 30.3 Å². The summed E-state index contributed by atoms with van der Waals surface area (Å²) in [5, 5.41) is 16.1. The van der Waals surface area contributed by atoms with E-state index in [0.29, 0.717) is 10.6 Å². The number of ether oxygens (including phenoxy) is 2. The van der Waals surface area contributed by atoms with E-state index in [4.69, 9.17) is 21.1 Å². The molecule has 0 bridgehead atoms. The number of hydrogen-bond donors (Lipinski definition) is 1. The molecule has 1 aromatic heterocycles. The largest absolute Gasteiger partial charge is 0.474 e. The number of para-hydroxylation sites is 3. The summed E-state index contributed by atoms with van der Waals surface area (Å²) < 4.78 is 11.8. The molecule has 0 aliphatic carbocycles. The van der Waals surface area contributed by atoms with Crippen molar-refractivity contribution in [3.05, 3.63) is 98.4 Å². The van der Waals surface area contributed by atoms with Crippen LogP contribution in [0.4, 0.5) is 5.69 Å². The van der Waals surface area contributed by atoms with E-state index in [-0.39, 0.29) is 22.1 Å². The number of carbonyl (C=O) groups excluding carboxylic acids is 2. The number of carbonyl (C=O) groups is 2. The lowest BCUT2D eigenvalue weighted by Crippen LogP contribution is -2.33. The fraction of sp³-hybridized carbons (Fsp3) is 0.0800. The molecule has 9 nitrogen and oxygen atoms in total. The van der Waals surface area contributed by atoms with Crippen LogP contribution < -0.4 is 14.9 Å². The Morgan fingerprint density at radius 3 is 2.47 bits per heavy atom. The molecule has 1 N–H and O–H groups in total. The van der Waals surface area contributed by atoms with Crippen LogP contribution in [-0.2, 0) is 4.79 Å². The summed E-state index contributed by atoms with van der Waals surface area (Å²) in [6.07, 6.45) is 0.247. The molecule has 0 spiro atoms. The van der Waals surface area contributed by atoms with Crippen molar-refractivity contribution in [1.82, 2.24) is 5.43 Å². The van der Waals surface area contributed by atoms with Crippen molar-refractivity contribution < 1.29 is 24.0 Å². The molecule has 0 radical (unpaired) electrons. The Labute approximate surface area is 214 Å². The Hall–Kier alpha value is -4.28. The molecule has 182 valence electrons. The van der Waals surface area contributed by atoms with Gasteiger partial charge in [-0.3, -0.25) is 14.9 Å². The first kappa shape index (κ1) is 24.8. The zero-order valence-corrected chi connectivity index (χ0v) is 20.3. The zero-order chi connectivity index (χ0) is 25.7. The van der Waals surface area contributed by atoms with Crippen LogP contribution >= 0.6 is 22.9 Å². The first-order chi connectivity index (χ1) is 17.3. The number of amides is 1. The Bertz CT molecular complexity index is 1490. The normalized spacial score (nSPS) is 11.8. The molecule has 1 unspecified atom stereocenters. The van der Waals surface area contributed by atoms with Crippen molar-refractivity contribution in [2.45, 2.75) is 13.0 Å². The number of thiophene rings is 1. The Morgan fingerprint density at radius 2 is 1.72 bits per heavy atom. The third-order valence-electron chi connectivity index (χ3n) is 4.96. The van der Waals surface area contributed by atoms with E-state index in [0.717, 1.165) is 10.1 Å². The molecule has 0 aliphatic rings. The number of hydrogen-bond acceptors (Lipinski definition) is 8.